The minimum absolute atomic E-state index is 0.0330. The molecule has 0 aliphatic carbocycles. The number of nitrogen functional groups attached to an aromatic ring is 1. The number of carbonyl (C=O) groups is 2. The minimum atomic E-state index is -5.08. The van der Waals surface area contributed by atoms with Crippen molar-refractivity contribution >= 4 is 52.1 Å². The van der Waals surface area contributed by atoms with Gasteiger partial charge in [0.05, 0.1) is 28.0 Å². The van der Waals surface area contributed by atoms with Crippen LogP contribution in [0.3, 0.4) is 0 Å². The Morgan fingerprint density at radius 2 is 2.00 bits per heavy atom. The highest BCUT2D eigenvalue weighted by molar-refractivity contribution is 8.00. The maximum atomic E-state index is 12.2. The molecular weight excluding hydrogens is 604 g/mol. The number of amides is 1. The van der Waals surface area contributed by atoms with E-state index in [4.69, 9.17) is 35.5 Å². The van der Waals surface area contributed by atoms with Crippen molar-refractivity contribution in [3.63, 3.8) is 0 Å². The lowest BCUT2D eigenvalue weighted by Crippen LogP contribution is -2.42. The lowest BCUT2D eigenvalue weighted by atomic mass is 10.1. The number of thiophene rings is 1. The average molecular weight is 632 g/mol. The monoisotopic (exact) mass is 631 g/mol. The molecule has 1 aliphatic rings. The van der Waals surface area contributed by atoms with E-state index < -0.39 is 12.1 Å². The van der Waals surface area contributed by atoms with Crippen molar-refractivity contribution in [3.05, 3.63) is 40.6 Å². The Kier molecular flexibility index (Phi) is 12.0. The molecule has 3 aromatic rings. The van der Waals surface area contributed by atoms with Gasteiger partial charge < -0.3 is 25.6 Å². The van der Waals surface area contributed by atoms with Crippen LogP contribution in [0.1, 0.15) is 4.88 Å². The standard InChI is InChI=1S/C23H27N5O3S3.C2HF3O2/c1-32-23-17(12-19(34-23)21(24)25)22-27-18(14-33-22)15-3-2-4-16(11-15)31-13-20(29)26-5-6-28-7-9-30-10-8-28;3-2(4,5)1(6)7/h2-4,11-12,14H,5-10,13H2,1H3,(H3,24,25)(H,26,29);(H,6,7). The Bertz CT molecular complexity index is 1340. The first kappa shape index (κ1) is 32.3. The summed E-state index contributed by atoms with van der Waals surface area (Å²) >= 11 is 4.68. The summed E-state index contributed by atoms with van der Waals surface area (Å²) in [7, 11) is 0. The third-order valence-electron chi connectivity index (χ3n) is 5.48. The van der Waals surface area contributed by atoms with E-state index in [-0.39, 0.29) is 18.3 Å². The predicted octanol–water partition coefficient (Wildman–Crippen LogP) is 4.01. The summed E-state index contributed by atoms with van der Waals surface area (Å²) < 4.78 is 43.9. The Morgan fingerprint density at radius 1 is 1.29 bits per heavy atom. The second-order valence-electron chi connectivity index (χ2n) is 8.39. The third kappa shape index (κ3) is 10.00. The van der Waals surface area contributed by atoms with Crippen LogP contribution in [0.4, 0.5) is 13.2 Å². The summed E-state index contributed by atoms with van der Waals surface area (Å²) in [6.45, 7) is 4.68. The highest BCUT2D eigenvalue weighted by atomic mass is 32.2. The molecular formula is C25H28F3N5O5S3. The van der Waals surface area contributed by atoms with Crippen molar-refractivity contribution in [2.75, 3.05) is 52.3 Å². The van der Waals surface area contributed by atoms with Gasteiger partial charge in [0.1, 0.15) is 16.6 Å². The van der Waals surface area contributed by atoms with Crippen molar-refractivity contribution in [3.8, 4) is 27.6 Å². The van der Waals surface area contributed by atoms with Gasteiger partial charge in [0.2, 0.25) is 0 Å². The molecule has 0 saturated carbocycles. The molecule has 0 atom stereocenters. The number of carboxylic acid groups (broad SMARTS) is 1. The van der Waals surface area contributed by atoms with Crippen molar-refractivity contribution in [2.45, 2.75) is 10.4 Å². The fourth-order valence-electron chi connectivity index (χ4n) is 3.46. The van der Waals surface area contributed by atoms with E-state index in [1.165, 1.54) is 11.3 Å². The van der Waals surface area contributed by atoms with E-state index in [0.717, 1.165) is 63.8 Å². The number of thioether (sulfide) groups is 1. The fourth-order valence-corrected chi connectivity index (χ4v) is 6.17. The Balaban J connectivity index is 0.000000587. The number of carbonyl (C=O) groups excluding carboxylic acids is 1. The molecule has 1 aromatic carbocycles. The molecule has 1 amide bonds. The molecule has 3 heterocycles. The molecule has 1 fully saturated rings. The van der Waals surface area contributed by atoms with Crippen LogP contribution in [0.5, 0.6) is 5.75 Å². The number of benzene rings is 1. The van der Waals surface area contributed by atoms with Gasteiger partial charge in [0, 0.05) is 42.7 Å². The number of hydrogen-bond acceptors (Lipinski definition) is 10. The molecule has 5 N–H and O–H groups in total. The molecule has 0 radical (unpaired) electrons. The first-order valence-corrected chi connectivity index (χ1v) is 15.0. The number of carboxylic acids is 1. The zero-order valence-electron chi connectivity index (χ0n) is 21.8. The van der Waals surface area contributed by atoms with Crippen LogP contribution in [0.2, 0.25) is 0 Å². The summed E-state index contributed by atoms with van der Waals surface area (Å²) in [6.07, 6.45) is -3.08. The largest absolute Gasteiger partial charge is 0.490 e. The van der Waals surface area contributed by atoms with Crippen molar-refractivity contribution in [2.24, 2.45) is 5.73 Å². The van der Waals surface area contributed by atoms with E-state index in [2.05, 4.69) is 10.2 Å². The SMILES string of the molecule is CSc1sc(C(=N)N)cc1-c1nc(-c2cccc(OCC(=O)NCCN3CCOCC3)c2)cs1.O=C(O)C(F)(F)F. The number of aromatic nitrogens is 1. The average Bonchev–Trinajstić information content (AvgIpc) is 3.60. The van der Waals surface area contributed by atoms with E-state index >= 15 is 0 Å². The second-order valence-corrected chi connectivity index (χ2v) is 11.4. The van der Waals surface area contributed by atoms with Crippen LogP contribution in [-0.4, -0.2) is 91.1 Å². The Morgan fingerprint density at radius 3 is 2.63 bits per heavy atom. The van der Waals surface area contributed by atoms with E-state index in [1.807, 2.05) is 42.0 Å². The number of rotatable bonds is 10. The predicted molar refractivity (Wildman–Crippen MR) is 153 cm³/mol. The van der Waals surface area contributed by atoms with E-state index in [9.17, 15) is 18.0 Å². The first-order chi connectivity index (χ1) is 19.5. The Labute approximate surface area is 246 Å². The van der Waals surface area contributed by atoms with Crippen LogP contribution < -0.4 is 15.8 Å². The third-order valence-corrected chi connectivity index (χ3v) is 8.66. The highest BCUT2D eigenvalue weighted by Crippen LogP contribution is 2.40. The number of thiazole rings is 1. The number of amidine groups is 1. The lowest BCUT2D eigenvalue weighted by molar-refractivity contribution is -0.192. The number of nitrogens with zero attached hydrogens (tertiary/aromatic N) is 2. The molecule has 1 saturated heterocycles. The zero-order valence-corrected chi connectivity index (χ0v) is 24.3. The fraction of sp³-hybridized carbons (Fsp3) is 0.360. The van der Waals surface area contributed by atoms with Crippen molar-refractivity contribution < 1.29 is 37.3 Å². The lowest BCUT2D eigenvalue weighted by Gasteiger charge is -2.26. The van der Waals surface area contributed by atoms with E-state index in [0.29, 0.717) is 12.3 Å². The molecule has 0 bridgehead atoms. The van der Waals surface area contributed by atoms with Crippen molar-refractivity contribution in [1.82, 2.24) is 15.2 Å². The number of alkyl halides is 3. The number of aliphatic carboxylic acids is 1. The highest BCUT2D eigenvalue weighted by Gasteiger charge is 2.38. The maximum absolute atomic E-state index is 12.2. The second kappa shape index (κ2) is 15.2. The number of morpholine rings is 1. The van der Waals surface area contributed by atoms with Gasteiger partial charge in [-0.15, -0.1) is 34.4 Å². The van der Waals surface area contributed by atoms with Crippen LogP contribution >= 0.6 is 34.4 Å². The van der Waals surface area contributed by atoms with Gasteiger partial charge in [-0.25, -0.2) is 9.78 Å². The van der Waals surface area contributed by atoms with Crippen LogP contribution in [0.15, 0.2) is 39.9 Å². The topological polar surface area (TPSA) is 151 Å². The van der Waals surface area contributed by atoms with Gasteiger partial charge in [-0.3, -0.25) is 15.1 Å². The Hall–Kier alpha value is -3.18. The van der Waals surface area contributed by atoms with E-state index in [1.54, 1.807) is 23.1 Å². The molecule has 0 spiro atoms. The van der Waals surface area contributed by atoms with Gasteiger partial charge in [-0.05, 0) is 24.5 Å². The summed E-state index contributed by atoms with van der Waals surface area (Å²) in [6, 6.07) is 9.52. The first-order valence-electron chi connectivity index (χ1n) is 12.1. The van der Waals surface area contributed by atoms with Crippen molar-refractivity contribution in [1.29, 1.82) is 5.41 Å². The van der Waals surface area contributed by atoms with Crippen LogP contribution in [0, 0.1) is 5.41 Å². The number of ether oxygens (including phenoxy) is 2. The smallest absolute Gasteiger partial charge is 0.484 e. The molecule has 2 aromatic heterocycles. The molecule has 16 heteroatoms. The summed E-state index contributed by atoms with van der Waals surface area (Å²) in [5.41, 5.74) is 8.42. The molecule has 1 aliphatic heterocycles. The quantitative estimate of drug-likeness (QED) is 0.148. The molecule has 41 heavy (non-hydrogen) atoms. The van der Waals surface area contributed by atoms with Gasteiger partial charge in [0.25, 0.3) is 5.91 Å². The summed E-state index contributed by atoms with van der Waals surface area (Å²) in [5.74, 6) is -2.21. The summed E-state index contributed by atoms with van der Waals surface area (Å²) in [5, 5.41) is 20.6. The minimum Gasteiger partial charge on any atom is -0.484 e. The van der Waals surface area contributed by atoms with Crippen LogP contribution in [-0.2, 0) is 14.3 Å². The van der Waals surface area contributed by atoms with Crippen LogP contribution in [0.25, 0.3) is 21.8 Å². The number of halogens is 3. The number of hydrogen-bond donors (Lipinski definition) is 4. The molecule has 222 valence electrons. The molecule has 10 nitrogen and oxygen atoms in total. The van der Waals surface area contributed by atoms with Gasteiger partial charge >= 0.3 is 12.1 Å². The number of nitrogens with two attached hydrogens (primary N) is 1. The number of nitrogens with one attached hydrogen (secondary N) is 2. The summed E-state index contributed by atoms with van der Waals surface area (Å²) in [4.78, 5) is 28.9. The zero-order chi connectivity index (χ0) is 30.0. The van der Waals surface area contributed by atoms with Gasteiger partial charge in [-0.2, -0.15) is 13.2 Å². The molecule has 0 unspecified atom stereocenters. The van der Waals surface area contributed by atoms with Gasteiger partial charge in [0.15, 0.2) is 6.61 Å². The maximum Gasteiger partial charge on any atom is 0.490 e. The molecule has 4 rings (SSSR count). The van der Waals surface area contributed by atoms with Gasteiger partial charge in [-0.1, -0.05) is 12.1 Å². The normalized spacial score (nSPS) is 13.7.